The van der Waals surface area contributed by atoms with Gasteiger partial charge in [-0.25, -0.2) is 9.36 Å². The van der Waals surface area contributed by atoms with Gasteiger partial charge in [0, 0.05) is 22.3 Å². The maximum absolute atomic E-state index is 13.5. The van der Waals surface area contributed by atoms with Crippen LogP contribution in [0, 0.1) is 0 Å². The van der Waals surface area contributed by atoms with Crippen molar-refractivity contribution in [1.29, 1.82) is 0 Å². The summed E-state index contributed by atoms with van der Waals surface area (Å²) in [5.41, 5.74) is 7.04. The lowest BCUT2D eigenvalue weighted by atomic mass is 10.1. The molecule has 0 fully saturated rings. The van der Waals surface area contributed by atoms with Crippen LogP contribution in [0.15, 0.2) is 213 Å². The van der Waals surface area contributed by atoms with Crippen molar-refractivity contribution >= 4 is 21.9 Å². The molecule has 0 amide bonds. The molecular formula is C66H60N6O12. The molecule has 11 aromatic rings. The Balaban J connectivity index is 0.547. The average Bonchev–Trinajstić information content (AvgIpc) is 3.78. The number of hydrogen-bond donors (Lipinski definition) is 0. The molecule has 0 saturated heterocycles. The highest BCUT2D eigenvalue weighted by molar-refractivity contribution is 5.83. The van der Waals surface area contributed by atoms with E-state index in [1.54, 1.807) is 45.8 Å². The van der Waals surface area contributed by atoms with E-state index in [9.17, 15) is 9.59 Å². The Morgan fingerprint density at radius 3 is 1.20 bits per heavy atom. The molecule has 0 aliphatic carbocycles. The van der Waals surface area contributed by atoms with Crippen molar-refractivity contribution in [2.75, 3.05) is 66.1 Å². The minimum Gasteiger partial charge on any atom is -0.491 e. The summed E-state index contributed by atoms with van der Waals surface area (Å²) < 4.78 is 63.1. The van der Waals surface area contributed by atoms with Gasteiger partial charge in [-0.15, -0.1) is 10.2 Å². The molecule has 0 N–H and O–H groups in total. The monoisotopic (exact) mass is 1130 g/mol. The first kappa shape index (κ1) is 56.2. The summed E-state index contributed by atoms with van der Waals surface area (Å²) >= 11 is 0. The van der Waals surface area contributed by atoms with E-state index < -0.39 is 0 Å². The standard InChI is InChI=1S/C66H60N6O12/c73-61-55-18-7-9-20-59(55)83-63(65(61)81-45-47-12-3-1-4-13-47)49-22-26-53(27-23-49)79-40-38-77-36-34-75-32-30-71-43-57(67-69-71)51-16-11-17-52(42-51)58-44-72(70-68-58)31-33-76-35-37-78-39-41-80-54-28-24-50(25-29-54)64-66(82-46-48-14-5-2-6-15-48)62(74)56-19-8-10-21-60(56)84-64/h1-29,42-44H,30-41,45-46H2. The van der Waals surface area contributed by atoms with E-state index in [1.165, 1.54) is 0 Å². The third kappa shape index (κ3) is 14.7. The highest BCUT2D eigenvalue weighted by atomic mass is 16.6. The molecule has 7 aromatic carbocycles. The highest BCUT2D eigenvalue weighted by Crippen LogP contribution is 2.34. The fraction of sp³-hybridized carbons (Fsp3) is 0.212. The maximum Gasteiger partial charge on any atom is 0.235 e. The fourth-order valence-corrected chi connectivity index (χ4v) is 9.07. The van der Waals surface area contributed by atoms with Crippen molar-refractivity contribution in [3.8, 4) is 68.2 Å². The Labute approximate surface area is 483 Å². The third-order valence-electron chi connectivity index (χ3n) is 13.4. The van der Waals surface area contributed by atoms with E-state index >= 15 is 0 Å². The molecule has 4 heterocycles. The van der Waals surface area contributed by atoms with Crippen LogP contribution in [-0.4, -0.2) is 96.1 Å². The molecule has 18 nitrogen and oxygen atoms in total. The van der Waals surface area contributed by atoms with E-state index in [2.05, 4.69) is 20.6 Å². The van der Waals surface area contributed by atoms with E-state index in [0.717, 1.165) is 33.6 Å². The molecule has 426 valence electrons. The number of benzene rings is 7. The molecule has 0 bridgehead atoms. The Morgan fingerprint density at radius 2 is 0.762 bits per heavy atom. The Morgan fingerprint density at radius 1 is 0.369 bits per heavy atom. The Bertz CT molecular complexity index is 3740. The molecule has 0 aliphatic heterocycles. The Kier molecular flexibility index (Phi) is 18.9. The lowest BCUT2D eigenvalue weighted by Gasteiger charge is -2.12. The Hall–Kier alpha value is -9.72. The van der Waals surface area contributed by atoms with Crippen LogP contribution in [0.1, 0.15) is 11.1 Å². The average molecular weight is 1130 g/mol. The third-order valence-corrected chi connectivity index (χ3v) is 13.4. The normalized spacial score (nSPS) is 11.3. The summed E-state index contributed by atoms with van der Waals surface area (Å²) in [7, 11) is 0. The van der Waals surface area contributed by atoms with Crippen LogP contribution < -0.4 is 29.8 Å². The minimum atomic E-state index is -0.226. The molecule has 0 saturated carbocycles. The van der Waals surface area contributed by atoms with Gasteiger partial charge in [0.15, 0.2) is 11.5 Å². The van der Waals surface area contributed by atoms with E-state index in [4.69, 9.17) is 46.7 Å². The SMILES string of the molecule is O=c1c(OCc2ccccc2)c(-c2ccc(OCCOCCOCCn3cc(-c4cccc(-c5cn(CCOCCOCCOc6ccc(-c7oc8ccccc8c(=O)c7OCc7ccccc7)cc6)nn5)c4)nn3)cc2)oc2ccccc12. The molecule has 0 atom stereocenters. The van der Waals surface area contributed by atoms with Gasteiger partial charge in [0.05, 0.1) is 89.1 Å². The van der Waals surface area contributed by atoms with Gasteiger partial charge < -0.3 is 46.7 Å². The zero-order chi connectivity index (χ0) is 57.1. The molecule has 0 radical (unpaired) electrons. The topological polar surface area (TPSA) is 196 Å². The van der Waals surface area contributed by atoms with Gasteiger partial charge in [-0.1, -0.05) is 114 Å². The summed E-state index contributed by atoms with van der Waals surface area (Å²) in [4.78, 5) is 27.1. The van der Waals surface area contributed by atoms with Crippen molar-refractivity contribution in [1.82, 2.24) is 30.0 Å². The zero-order valence-electron chi connectivity index (χ0n) is 46.0. The molecule has 0 spiro atoms. The van der Waals surface area contributed by atoms with Gasteiger partial charge in [0.2, 0.25) is 22.4 Å². The summed E-state index contributed by atoms with van der Waals surface area (Å²) in [5.74, 6) is 2.35. The van der Waals surface area contributed by atoms with Gasteiger partial charge in [-0.3, -0.25) is 9.59 Å². The van der Waals surface area contributed by atoms with Crippen LogP contribution >= 0.6 is 0 Å². The molecule has 84 heavy (non-hydrogen) atoms. The second kappa shape index (κ2) is 28.3. The molecular weight excluding hydrogens is 1070 g/mol. The number of rotatable bonds is 30. The number of fused-ring (bicyclic) bond motifs is 2. The largest absolute Gasteiger partial charge is 0.491 e. The lowest BCUT2D eigenvalue weighted by molar-refractivity contribution is 0.0333. The molecule has 4 aromatic heterocycles. The van der Waals surface area contributed by atoms with Crippen molar-refractivity contribution < 1.29 is 46.7 Å². The van der Waals surface area contributed by atoms with Crippen LogP contribution in [-0.2, 0) is 45.3 Å². The van der Waals surface area contributed by atoms with E-state index in [0.29, 0.717) is 135 Å². The maximum atomic E-state index is 13.5. The van der Waals surface area contributed by atoms with Crippen molar-refractivity contribution in [3.63, 3.8) is 0 Å². The number of aromatic nitrogens is 6. The number of nitrogens with zero attached hydrogens (tertiary/aromatic N) is 6. The predicted molar refractivity (Wildman–Crippen MR) is 316 cm³/mol. The van der Waals surface area contributed by atoms with E-state index in [-0.39, 0.29) is 35.6 Å². The van der Waals surface area contributed by atoms with Gasteiger partial charge >= 0.3 is 0 Å². The molecule has 18 heteroatoms. The van der Waals surface area contributed by atoms with Crippen molar-refractivity contribution in [3.05, 3.63) is 226 Å². The van der Waals surface area contributed by atoms with Crippen LogP contribution in [0.3, 0.4) is 0 Å². The summed E-state index contributed by atoms with van der Waals surface area (Å²) in [6.45, 7) is 5.45. The second-order valence-electron chi connectivity index (χ2n) is 19.2. The van der Waals surface area contributed by atoms with E-state index in [1.807, 2.05) is 158 Å². The van der Waals surface area contributed by atoms with Gasteiger partial charge in [0.25, 0.3) is 0 Å². The van der Waals surface area contributed by atoms with Gasteiger partial charge in [-0.05, 0) is 90.0 Å². The number of para-hydroxylation sites is 2. The van der Waals surface area contributed by atoms with Crippen LogP contribution in [0.25, 0.3) is 67.1 Å². The van der Waals surface area contributed by atoms with Crippen LogP contribution in [0.2, 0.25) is 0 Å². The van der Waals surface area contributed by atoms with Crippen molar-refractivity contribution in [2.45, 2.75) is 26.3 Å². The first-order valence-corrected chi connectivity index (χ1v) is 27.6. The van der Waals surface area contributed by atoms with Crippen molar-refractivity contribution in [2.24, 2.45) is 0 Å². The van der Waals surface area contributed by atoms with Gasteiger partial charge in [0.1, 0.15) is 60.5 Å². The molecule has 0 unspecified atom stereocenters. The summed E-state index contributed by atoms with van der Waals surface area (Å²) in [6, 6.07) is 56.3. The predicted octanol–water partition coefficient (Wildman–Crippen LogP) is 11.1. The fourth-order valence-electron chi connectivity index (χ4n) is 9.07. The number of ether oxygens (including phenoxy) is 8. The smallest absolute Gasteiger partial charge is 0.235 e. The molecule has 11 rings (SSSR count). The second-order valence-corrected chi connectivity index (χ2v) is 19.2. The quantitative estimate of drug-likeness (QED) is 0.0385. The number of hydrogen-bond acceptors (Lipinski definition) is 16. The lowest BCUT2D eigenvalue weighted by Crippen LogP contribution is -2.13. The van der Waals surface area contributed by atoms with Crippen LogP contribution in [0.5, 0.6) is 23.0 Å². The minimum absolute atomic E-state index is 0.162. The highest BCUT2D eigenvalue weighted by Gasteiger charge is 2.20. The van der Waals surface area contributed by atoms with Gasteiger partial charge in [-0.2, -0.15) is 0 Å². The zero-order valence-corrected chi connectivity index (χ0v) is 46.0. The van der Waals surface area contributed by atoms with Crippen LogP contribution in [0.4, 0.5) is 0 Å². The molecule has 0 aliphatic rings. The summed E-state index contributed by atoms with van der Waals surface area (Å²) in [5, 5.41) is 18.3. The summed E-state index contributed by atoms with van der Waals surface area (Å²) in [6.07, 6.45) is 3.78. The first-order chi connectivity index (χ1) is 41.5. The first-order valence-electron chi connectivity index (χ1n) is 27.6.